The average Bonchev–Trinajstić information content (AvgIpc) is 3.89. The standard InChI is InChI=1S/C34H31N3O4/c1-20-6-3-11-31(21(20)2)41-19-25-14-29(25)33(38)37-18-24-13-28(24)32-27(9-5-10-30(32)37)26-15-35-36(17-26)16-22-7-4-8-23(12-22)34(39)40/h3-13,15,17,25,28-29H,14,16,18-19H2,1-2H3,(H,39,40)/t25?,28-,29?/m0/s1. The van der Waals surface area contributed by atoms with Crippen molar-refractivity contribution in [2.75, 3.05) is 18.1 Å². The van der Waals surface area contributed by atoms with Gasteiger partial charge in [0, 0.05) is 41.7 Å². The van der Waals surface area contributed by atoms with Gasteiger partial charge in [-0.15, -0.1) is 0 Å². The fourth-order valence-corrected chi connectivity index (χ4v) is 6.01. The minimum Gasteiger partial charge on any atom is -0.493 e. The Morgan fingerprint density at radius 2 is 1.90 bits per heavy atom. The number of allylic oxidation sites excluding steroid dienone is 1. The highest BCUT2D eigenvalue weighted by atomic mass is 16.5. The average molecular weight is 546 g/mol. The first-order valence-corrected chi connectivity index (χ1v) is 14.1. The highest BCUT2D eigenvalue weighted by Crippen LogP contribution is 2.53. The van der Waals surface area contributed by atoms with Crippen LogP contribution in [0, 0.1) is 25.7 Å². The summed E-state index contributed by atoms with van der Waals surface area (Å²) in [5.41, 5.74) is 8.99. The number of anilines is 1. The lowest BCUT2D eigenvalue weighted by Gasteiger charge is -2.30. The predicted octanol–water partition coefficient (Wildman–Crippen LogP) is 6.00. The fourth-order valence-electron chi connectivity index (χ4n) is 6.01. The molecule has 206 valence electrons. The minimum absolute atomic E-state index is 0.0168. The molecule has 1 aliphatic heterocycles. The number of aryl methyl sites for hydroxylation is 1. The van der Waals surface area contributed by atoms with Gasteiger partial charge in [-0.2, -0.15) is 5.10 Å². The zero-order chi connectivity index (χ0) is 28.2. The number of carbonyl (C=O) groups is 2. The van der Waals surface area contributed by atoms with E-state index in [9.17, 15) is 14.7 Å². The molecule has 0 radical (unpaired) electrons. The van der Waals surface area contributed by atoms with Crippen molar-refractivity contribution in [3.63, 3.8) is 0 Å². The number of fused-ring (bicyclic) bond motifs is 3. The van der Waals surface area contributed by atoms with Gasteiger partial charge in [0.25, 0.3) is 0 Å². The molecule has 0 bridgehead atoms. The van der Waals surface area contributed by atoms with Crippen LogP contribution in [-0.2, 0) is 11.3 Å². The van der Waals surface area contributed by atoms with Crippen LogP contribution in [0.25, 0.3) is 11.1 Å². The van der Waals surface area contributed by atoms with Gasteiger partial charge in [-0.3, -0.25) is 9.48 Å². The Balaban J connectivity index is 1.09. The third kappa shape index (κ3) is 4.71. The largest absolute Gasteiger partial charge is 0.493 e. The van der Waals surface area contributed by atoms with Crippen LogP contribution < -0.4 is 9.64 Å². The molecule has 41 heavy (non-hydrogen) atoms. The predicted molar refractivity (Wildman–Crippen MR) is 156 cm³/mol. The Morgan fingerprint density at radius 1 is 1.07 bits per heavy atom. The third-order valence-corrected chi connectivity index (χ3v) is 8.67. The van der Waals surface area contributed by atoms with E-state index in [-0.39, 0.29) is 29.2 Å². The smallest absolute Gasteiger partial charge is 0.335 e. The molecule has 3 aromatic carbocycles. The topological polar surface area (TPSA) is 84.7 Å². The number of amides is 1. The number of aromatic carboxylic acids is 1. The molecule has 7 nitrogen and oxygen atoms in total. The van der Waals surface area contributed by atoms with Crippen LogP contribution in [-0.4, -0.2) is 39.9 Å². The van der Waals surface area contributed by atoms with E-state index in [0.717, 1.165) is 40.1 Å². The van der Waals surface area contributed by atoms with E-state index in [1.807, 2.05) is 46.2 Å². The number of carboxylic acids is 1. The SMILES string of the molecule is Cc1cccc(OCC2CC2C(=O)N2CC3=C[C@@H]3c3c(-c4cnn(Cc5cccc(C(=O)O)c5)c4)cccc32)c1C. The van der Waals surface area contributed by atoms with Gasteiger partial charge in [-0.1, -0.05) is 42.5 Å². The van der Waals surface area contributed by atoms with E-state index in [2.05, 4.69) is 43.2 Å². The van der Waals surface area contributed by atoms with E-state index in [4.69, 9.17) is 4.74 Å². The Bertz CT molecular complexity index is 1740. The Labute approximate surface area is 238 Å². The lowest BCUT2D eigenvalue weighted by molar-refractivity contribution is -0.120. The van der Waals surface area contributed by atoms with Crippen LogP contribution in [0.3, 0.4) is 0 Å². The lowest BCUT2D eigenvalue weighted by atomic mass is 9.91. The van der Waals surface area contributed by atoms with E-state index in [0.29, 0.717) is 19.7 Å². The first-order valence-electron chi connectivity index (χ1n) is 14.1. The number of nitrogens with zero attached hydrogens (tertiary/aromatic N) is 3. The van der Waals surface area contributed by atoms with E-state index >= 15 is 0 Å². The highest BCUT2D eigenvalue weighted by molar-refractivity contribution is 6.01. The van der Waals surface area contributed by atoms with Crippen LogP contribution in [0.4, 0.5) is 5.69 Å². The summed E-state index contributed by atoms with van der Waals surface area (Å²) in [5.74, 6) is 0.621. The second-order valence-corrected chi connectivity index (χ2v) is 11.4. The molecule has 3 aliphatic rings. The number of carboxylic acid groups (broad SMARTS) is 1. The first kappa shape index (κ1) is 25.3. The molecule has 2 unspecified atom stereocenters. The summed E-state index contributed by atoms with van der Waals surface area (Å²) in [4.78, 5) is 27.1. The summed E-state index contributed by atoms with van der Waals surface area (Å²) in [5, 5.41) is 13.9. The normalized spacial score (nSPS) is 20.1. The quantitative estimate of drug-likeness (QED) is 0.275. The molecular formula is C34H31N3O4. The molecule has 2 heterocycles. The lowest BCUT2D eigenvalue weighted by Crippen LogP contribution is -2.36. The minimum atomic E-state index is -0.942. The molecule has 2 aliphatic carbocycles. The van der Waals surface area contributed by atoms with Gasteiger partial charge in [0.05, 0.1) is 24.9 Å². The number of carbonyl (C=O) groups excluding carboxylic acids is 1. The van der Waals surface area contributed by atoms with Crippen molar-refractivity contribution in [3.8, 4) is 16.9 Å². The molecule has 4 aromatic rings. The van der Waals surface area contributed by atoms with E-state index in [1.54, 1.807) is 18.2 Å². The van der Waals surface area contributed by atoms with Gasteiger partial charge >= 0.3 is 5.97 Å². The van der Waals surface area contributed by atoms with E-state index in [1.165, 1.54) is 16.7 Å². The summed E-state index contributed by atoms with van der Waals surface area (Å²) < 4.78 is 7.95. The molecule has 7 heteroatoms. The van der Waals surface area contributed by atoms with Crippen LogP contribution in [0.15, 0.2) is 84.7 Å². The number of benzene rings is 3. The fraction of sp³-hybridized carbons (Fsp3) is 0.265. The molecule has 1 saturated carbocycles. The summed E-state index contributed by atoms with van der Waals surface area (Å²) >= 11 is 0. The number of hydrogen-bond acceptors (Lipinski definition) is 4. The Hall–Kier alpha value is -4.65. The molecule has 1 N–H and O–H groups in total. The van der Waals surface area contributed by atoms with Crippen LogP contribution in [0.1, 0.15) is 45.0 Å². The van der Waals surface area contributed by atoms with Crippen molar-refractivity contribution in [1.29, 1.82) is 0 Å². The van der Waals surface area contributed by atoms with Gasteiger partial charge in [0.15, 0.2) is 0 Å². The monoisotopic (exact) mass is 545 g/mol. The Morgan fingerprint density at radius 3 is 2.76 bits per heavy atom. The summed E-state index contributed by atoms with van der Waals surface area (Å²) in [6.45, 7) is 5.84. The summed E-state index contributed by atoms with van der Waals surface area (Å²) in [6.07, 6.45) is 6.95. The molecular weight excluding hydrogens is 514 g/mol. The van der Waals surface area contributed by atoms with Crippen molar-refractivity contribution >= 4 is 17.6 Å². The van der Waals surface area contributed by atoms with Gasteiger partial charge in [-0.25, -0.2) is 4.79 Å². The van der Waals surface area contributed by atoms with Gasteiger partial charge < -0.3 is 14.7 Å². The Kier molecular flexibility index (Phi) is 6.03. The van der Waals surface area contributed by atoms with Gasteiger partial charge in [-0.05, 0) is 77.9 Å². The third-order valence-electron chi connectivity index (χ3n) is 8.67. The second-order valence-electron chi connectivity index (χ2n) is 11.4. The number of ether oxygens (including phenoxy) is 1. The van der Waals surface area contributed by atoms with Crippen molar-refractivity contribution < 1.29 is 19.4 Å². The van der Waals surface area contributed by atoms with Gasteiger partial charge in [0.1, 0.15) is 5.75 Å². The zero-order valence-electron chi connectivity index (χ0n) is 23.1. The zero-order valence-corrected chi connectivity index (χ0v) is 23.1. The number of hydrogen-bond donors (Lipinski definition) is 1. The van der Waals surface area contributed by atoms with Crippen LogP contribution >= 0.6 is 0 Å². The van der Waals surface area contributed by atoms with Crippen molar-refractivity contribution in [2.24, 2.45) is 11.8 Å². The maximum absolute atomic E-state index is 13.7. The molecule has 1 amide bonds. The van der Waals surface area contributed by atoms with Crippen LogP contribution in [0.5, 0.6) is 5.75 Å². The van der Waals surface area contributed by atoms with Crippen molar-refractivity contribution in [2.45, 2.75) is 32.7 Å². The van der Waals surface area contributed by atoms with Crippen LogP contribution in [0.2, 0.25) is 0 Å². The maximum atomic E-state index is 13.7. The summed E-state index contributed by atoms with van der Waals surface area (Å²) in [6, 6.07) is 19.2. The molecule has 0 saturated heterocycles. The molecule has 3 atom stereocenters. The molecule has 1 aromatic heterocycles. The second kappa shape index (κ2) is 9.77. The maximum Gasteiger partial charge on any atom is 0.335 e. The highest BCUT2D eigenvalue weighted by Gasteiger charge is 2.48. The van der Waals surface area contributed by atoms with Crippen molar-refractivity contribution in [1.82, 2.24) is 9.78 Å². The summed E-state index contributed by atoms with van der Waals surface area (Å²) in [7, 11) is 0. The molecule has 0 spiro atoms. The van der Waals surface area contributed by atoms with E-state index < -0.39 is 5.97 Å². The van der Waals surface area contributed by atoms with Crippen molar-refractivity contribution in [3.05, 3.63) is 113 Å². The molecule has 7 rings (SSSR count). The van der Waals surface area contributed by atoms with Gasteiger partial charge in [0.2, 0.25) is 5.91 Å². The number of rotatable bonds is 8. The number of aromatic nitrogens is 2. The molecule has 1 fully saturated rings. The first-order chi connectivity index (χ1) is 19.9.